The molecular weight excluding hydrogens is 222 g/mol. The molecule has 1 aliphatic heterocycles. The number of nitrogens with one attached hydrogen (secondary N) is 1. The maximum Gasteiger partial charge on any atom is 0.0899 e. The Morgan fingerprint density at radius 2 is 1.94 bits per heavy atom. The zero-order valence-corrected chi connectivity index (χ0v) is 10.8. The van der Waals surface area contributed by atoms with Crippen LogP contribution in [0.15, 0.2) is 24.3 Å². The minimum absolute atomic E-state index is 0.0377. The van der Waals surface area contributed by atoms with Gasteiger partial charge in [0, 0.05) is 11.5 Å². The Hall–Kier alpha value is -0.860. The highest BCUT2D eigenvalue weighted by Gasteiger charge is 2.60. The Kier molecular flexibility index (Phi) is 2.19. The third kappa shape index (κ3) is 1.16. The number of hydrogen-bond acceptors (Lipinski definition) is 2. The van der Waals surface area contributed by atoms with E-state index in [1.165, 1.54) is 30.4 Å². The number of fused-ring (bicyclic) bond motifs is 1. The molecule has 0 radical (unpaired) electrons. The van der Waals surface area contributed by atoms with Crippen molar-refractivity contribution in [3.8, 4) is 0 Å². The van der Waals surface area contributed by atoms with E-state index >= 15 is 0 Å². The van der Waals surface area contributed by atoms with Gasteiger partial charge < -0.3 is 10.4 Å². The standard InChI is InChI=1S/C16H21NO/c18-16-8-4-3-7-15(16)9-10-17-14(16)11-12-5-1-2-6-13(12)15/h1-2,5-6,14,17-18H,3-4,7-11H2/t14-,15+,16?/m1/s1. The van der Waals surface area contributed by atoms with Gasteiger partial charge in [0.05, 0.1) is 5.60 Å². The molecule has 3 atom stereocenters. The lowest BCUT2D eigenvalue weighted by molar-refractivity contribution is -0.124. The topological polar surface area (TPSA) is 32.3 Å². The van der Waals surface area contributed by atoms with Crippen LogP contribution in [0.25, 0.3) is 0 Å². The van der Waals surface area contributed by atoms with E-state index in [1.54, 1.807) is 0 Å². The van der Waals surface area contributed by atoms with Gasteiger partial charge in [0.25, 0.3) is 0 Å². The van der Waals surface area contributed by atoms with Crippen molar-refractivity contribution in [2.24, 2.45) is 0 Å². The monoisotopic (exact) mass is 243 g/mol. The van der Waals surface area contributed by atoms with Crippen molar-refractivity contribution in [2.45, 2.75) is 55.6 Å². The molecule has 2 nitrogen and oxygen atoms in total. The molecule has 1 saturated carbocycles. The fourth-order valence-corrected chi connectivity index (χ4v) is 4.88. The first-order valence-electron chi connectivity index (χ1n) is 7.30. The second-order valence-corrected chi connectivity index (χ2v) is 6.33. The molecule has 2 N–H and O–H groups in total. The quantitative estimate of drug-likeness (QED) is 0.732. The largest absolute Gasteiger partial charge is 0.387 e. The second kappa shape index (κ2) is 3.58. The molecule has 1 saturated heterocycles. The number of piperidine rings is 1. The van der Waals surface area contributed by atoms with Gasteiger partial charge in [-0.1, -0.05) is 37.1 Å². The number of rotatable bonds is 0. The Labute approximate surface area is 108 Å². The molecule has 2 heteroatoms. The fourth-order valence-electron chi connectivity index (χ4n) is 4.88. The van der Waals surface area contributed by atoms with Crippen LogP contribution in [0, 0.1) is 0 Å². The van der Waals surface area contributed by atoms with Crippen LogP contribution in [0.4, 0.5) is 0 Å². The van der Waals surface area contributed by atoms with Gasteiger partial charge in [-0.15, -0.1) is 0 Å². The van der Waals surface area contributed by atoms with Gasteiger partial charge in [-0.25, -0.2) is 0 Å². The van der Waals surface area contributed by atoms with Crippen LogP contribution >= 0.6 is 0 Å². The summed E-state index contributed by atoms with van der Waals surface area (Å²) in [4.78, 5) is 0. The Balaban J connectivity index is 1.96. The van der Waals surface area contributed by atoms with E-state index in [1.807, 2.05) is 0 Å². The van der Waals surface area contributed by atoms with Crippen molar-refractivity contribution in [1.29, 1.82) is 0 Å². The highest BCUT2D eigenvalue weighted by Crippen LogP contribution is 2.55. The van der Waals surface area contributed by atoms with Gasteiger partial charge in [-0.3, -0.25) is 0 Å². The molecule has 1 unspecified atom stereocenters. The zero-order valence-electron chi connectivity index (χ0n) is 10.8. The van der Waals surface area contributed by atoms with E-state index < -0.39 is 5.60 Å². The van der Waals surface area contributed by atoms with Crippen molar-refractivity contribution in [3.63, 3.8) is 0 Å². The summed E-state index contributed by atoms with van der Waals surface area (Å²) in [7, 11) is 0. The van der Waals surface area contributed by atoms with E-state index in [0.29, 0.717) is 0 Å². The third-order valence-electron chi connectivity index (χ3n) is 5.72. The van der Waals surface area contributed by atoms with E-state index in [0.717, 1.165) is 25.8 Å². The van der Waals surface area contributed by atoms with E-state index in [9.17, 15) is 5.11 Å². The lowest BCUT2D eigenvalue weighted by Crippen LogP contribution is -2.71. The first-order chi connectivity index (χ1) is 8.76. The van der Waals surface area contributed by atoms with Crippen molar-refractivity contribution < 1.29 is 5.11 Å². The molecule has 96 valence electrons. The van der Waals surface area contributed by atoms with Gasteiger partial charge in [0.15, 0.2) is 0 Å². The molecule has 18 heavy (non-hydrogen) atoms. The predicted octanol–water partition coefficient (Wildman–Crippen LogP) is 2.15. The summed E-state index contributed by atoms with van der Waals surface area (Å²) in [5.74, 6) is 0. The Morgan fingerprint density at radius 3 is 2.89 bits per heavy atom. The first kappa shape index (κ1) is 11.0. The van der Waals surface area contributed by atoms with Crippen molar-refractivity contribution in [2.75, 3.05) is 6.54 Å². The second-order valence-electron chi connectivity index (χ2n) is 6.33. The van der Waals surface area contributed by atoms with Gasteiger partial charge in [0.1, 0.15) is 0 Å². The average Bonchev–Trinajstić information content (AvgIpc) is 2.38. The summed E-state index contributed by atoms with van der Waals surface area (Å²) in [6, 6.07) is 9.07. The van der Waals surface area contributed by atoms with Crippen LogP contribution in [-0.4, -0.2) is 23.3 Å². The van der Waals surface area contributed by atoms with E-state index in [4.69, 9.17) is 0 Å². The predicted molar refractivity (Wildman–Crippen MR) is 71.6 cm³/mol. The summed E-state index contributed by atoms with van der Waals surface area (Å²) in [5, 5.41) is 14.9. The molecule has 2 aliphatic carbocycles. The highest BCUT2D eigenvalue weighted by atomic mass is 16.3. The lowest BCUT2D eigenvalue weighted by atomic mass is 9.50. The minimum atomic E-state index is -0.502. The van der Waals surface area contributed by atoms with E-state index in [-0.39, 0.29) is 11.5 Å². The number of benzene rings is 1. The lowest BCUT2D eigenvalue weighted by Gasteiger charge is -2.61. The molecular formula is C16H21NO. The molecule has 1 heterocycles. The normalized spacial score (nSPS) is 41.9. The summed E-state index contributed by atoms with van der Waals surface area (Å²) in [6.45, 7) is 1.06. The zero-order chi connectivity index (χ0) is 12.2. The Bertz CT molecular complexity index is 482. The molecule has 4 rings (SSSR count). The molecule has 3 aliphatic rings. The summed E-state index contributed by atoms with van der Waals surface area (Å²) in [5.41, 5.74) is 2.44. The van der Waals surface area contributed by atoms with Gasteiger partial charge in [0.2, 0.25) is 0 Å². The van der Waals surface area contributed by atoms with E-state index in [2.05, 4.69) is 29.6 Å². The molecule has 0 spiro atoms. The fraction of sp³-hybridized carbons (Fsp3) is 0.625. The van der Waals surface area contributed by atoms with Crippen LogP contribution in [0.3, 0.4) is 0 Å². The number of hydrogen-bond donors (Lipinski definition) is 2. The molecule has 0 aromatic heterocycles. The van der Waals surface area contributed by atoms with Gasteiger partial charge >= 0.3 is 0 Å². The maximum atomic E-state index is 11.3. The molecule has 2 bridgehead atoms. The van der Waals surface area contributed by atoms with Crippen LogP contribution in [0.5, 0.6) is 0 Å². The van der Waals surface area contributed by atoms with Crippen molar-refractivity contribution in [3.05, 3.63) is 35.4 Å². The molecule has 2 fully saturated rings. The summed E-state index contributed by atoms with van der Waals surface area (Å²) < 4.78 is 0. The van der Waals surface area contributed by atoms with Crippen LogP contribution in [0.1, 0.15) is 43.2 Å². The van der Waals surface area contributed by atoms with Gasteiger partial charge in [-0.2, -0.15) is 0 Å². The molecule has 0 amide bonds. The third-order valence-corrected chi connectivity index (χ3v) is 5.72. The van der Waals surface area contributed by atoms with Crippen LogP contribution in [-0.2, 0) is 11.8 Å². The first-order valence-corrected chi connectivity index (χ1v) is 7.30. The molecule has 1 aromatic rings. The van der Waals surface area contributed by atoms with Gasteiger partial charge in [-0.05, 0) is 43.4 Å². The maximum absolute atomic E-state index is 11.3. The SMILES string of the molecule is OC12CCCC[C@@]13CCN[C@@H]2Cc1ccccc13. The molecule has 1 aromatic carbocycles. The van der Waals surface area contributed by atoms with Crippen LogP contribution < -0.4 is 5.32 Å². The van der Waals surface area contributed by atoms with Crippen LogP contribution in [0.2, 0.25) is 0 Å². The number of aliphatic hydroxyl groups is 1. The average molecular weight is 243 g/mol. The minimum Gasteiger partial charge on any atom is -0.387 e. The smallest absolute Gasteiger partial charge is 0.0899 e. The summed E-state index contributed by atoms with van der Waals surface area (Å²) >= 11 is 0. The highest BCUT2D eigenvalue weighted by molar-refractivity contribution is 5.44. The Morgan fingerprint density at radius 1 is 1.11 bits per heavy atom. The summed E-state index contributed by atoms with van der Waals surface area (Å²) in [6.07, 6.45) is 6.67. The van der Waals surface area contributed by atoms with Crippen molar-refractivity contribution in [1.82, 2.24) is 5.32 Å². The van der Waals surface area contributed by atoms with Crippen molar-refractivity contribution >= 4 is 0 Å².